The van der Waals surface area contributed by atoms with Crippen LogP contribution in [0.2, 0.25) is 0 Å². The van der Waals surface area contributed by atoms with Crippen LogP contribution in [0.1, 0.15) is 13.8 Å². The fourth-order valence-corrected chi connectivity index (χ4v) is 3.86. The predicted molar refractivity (Wildman–Crippen MR) is 85.1 cm³/mol. The number of anilines is 1. The Hall–Kier alpha value is -0.650. The summed E-state index contributed by atoms with van der Waals surface area (Å²) in [6, 6.07) is 8.11. The zero-order chi connectivity index (χ0) is 13.9. The van der Waals surface area contributed by atoms with Crippen molar-refractivity contribution >= 4 is 35.1 Å². The first-order chi connectivity index (χ1) is 8.97. The maximum absolute atomic E-state index is 12.3. The Morgan fingerprint density at radius 2 is 2.21 bits per heavy atom. The standard InChI is InChI=1S/C14H20N2OS2/c1-14(2,15)10-18-9-13(17)16-7-8-19-12-6-4-3-5-11(12)16/h3-6H,7-10,15H2,1-2H3. The highest BCUT2D eigenvalue weighted by atomic mass is 32.2. The van der Waals surface area contributed by atoms with E-state index in [0.717, 1.165) is 23.7 Å². The fourth-order valence-electron chi connectivity index (χ4n) is 1.91. The molecule has 2 rings (SSSR count). The van der Waals surface area contributed by atoms with Gasteiger partial charge in [0, 0.05) is 28.5 Å². The largest absolute Gasteiger partial charge is 0.325 e. The van der Waals surface area contributed by atoms with E-state index in [9.17, 15) is 4.79 Å². The zero-order valence-corrected chi connectivity index (χ0v) is 13.0. The van der Waals surface area contributed by atoms with Gasteiger partial charge in [0.2, 0.25) is 5.91 Å². The average molecular weight is 296 g/mol. The van der Waals surface area contributed by atoms with Gasteiger partial charge in [-0.15, -0.1) is 11.8 Å². The predicted octanol–water partition coefficient (Wildman–Crippen LogP) is 2.60. The van der Waals surface area contributed by atoms with Crippen LogP contribution in [-0.4, -0.2) is 35.2 Å². The molecule has 0 unspecified atom stereocenters. The van der Waals surface area contributed by atoms with Crippen molar-refractivity contribution in [2.45, 2.75) is 24.3 Å². The Bertz CT molecular complexity index is 457. The van der Waals surface area contributed by atoms with E-state index in [-0.39, 0.29) is 11.4 Å². The van der Waals surface area contributed by atoms with Crippen molar-refractivity contribution in [2.24, 2.45) is 5.73 Å². The number of carbonyl (C=O) groups is 1. The lowest BCUT2D eigenvalue weighted by molar-refractivity contribution is -0.116. The molecule has 0 fully saturated rings. The van der Waals surface area contributed by atoms with E-state index in [4.69, 9.17) is 5.73 Å². The lowest BCUT2D eigenvalue weighted by atomic mass is 10.1. The van der Waals surface area contributed by atoms with E-state index in [0.29, 0.717) is 5.75 Å². The molecule has 0 bridgehead atoms. The van der Waals surface area contributed by atoms with Crippen LogP contribution < -0.4 is 10.6 Å². The molecule has 1 amide bonds. The molecule has 0 saturated heterocycles. The topological polar surface area (TPSA) is 46.3 Å². The Kier molecular flexibility index (Phi) is 4.81. The molecule has 3 nitrogen and oxygen atoms in total. The minimum Gasteiger partial charge on any atom is -0.325 e. The summed E-state index contributed by atoms with van der Waals surface area (Å²) in [5.74, 6) is 2.44. The molecule has 1 heterocycles. The first kappa shape index (κ1) is 14.8. The number of para-hydroxylation sites is 1. The van der Waals surface area contributed by atoms with Gasteiger partial charge in [0.15, 0.2) is 0 Å². The third-order valence-electron chi connectivity index (χ3n) is 2.73. The van der Waals surface area contributed by atoms with E-state index in [2.05, 4.69) is 6.07 Å². The molecule has 19 heavy (non-hydrogen) atoms. The van der Waals surface area contributed by atoms with Gasteiger partial charge in [-0.05, 0) is 26.0 Å². The van der Waals surface area contributed by atoms with Crippen LogP contribution in [0.15, 0.2) is 29.2 Å². The highest BCUT2D eigenvalue weighted by molar-refractivity contribution is 8.00. The van der Waals surface area contributed by atoms with Gasteiger partial charge in [-0.1, -0.05) is 12.1 Å². The van der Waals surface area contributed by atoms with Gasteiger partial charge in [-0.2, -0.15) is 11.8 Å². The molecule has 1 aromatic carbocycles. The number of fused-ring (bicyclic) bond motifs is 1. The number of thioether (sulfide) groups is 2. The van der Waals surface area contributed by atoms with Crippen LogP contribution in [0.4, 0.5) is 5.69 Å². The van der Waals surface area contributed by atoms with Crippen LogP contribution in [0, 0.1) is 0 Å². The summed E-state index contributed by atoms with van der Waals surface area (Å²) in [7, 11) is 0. The molecule has 0 spiro atoms. The maximum Gasteiger partial charge on any atom is 0.237 e. The highest BCUT2D eigenvalue weighted by Gasteiger charge is 2.22. The number of nitrogens with zero attached hydrogens (tertiary/aromatic N) is 1. The van der Waals surface area contributed by atoms with Gasteiger partial charge in [-0.25, -0.2) is 0 Å². The summed E-state index contributed by atoms with van der Waals surface area (Å²) in [6.07, 6.45) is 0. The average Bonchev–Trinajstić information content (AvgIpc) is 2.36. The SMILES string of the molecule is CC(C)(N)CSCC(=O)N1CCSc2ccccc21. The van der Waals surface area contributed by atoms with E-state index in [1.54, 1.807) is 11.8 Å². The van der Waals surface area contributed by atoms with Gasteiger partial charge in [0.1, 0.15) is 0 Å². The van der Waals surface area contributed by atoms with Crippen molar-refractivity contribution in [2.75, 3.05) is 28.7 Å². The molecule has 1 aliphatic heterocycles. The van der Waals surface area contributed by atoms with E-state index < -0.39 is 0 Å². The second kappa shape index (κ2) is 6.20. The molecule has 2 N–H and O–H groups in total. The normalized spacial score (nSPS) is 15.2. The summed E-state index contributed by atoms with van der Waals surface area (Å²) in [6.45, 7) is 4.77. The summed E-state index contributed by atoms with van der Waals surface area (Å²) in [5, 5.41) is 0. The Labute approximate surface area is 123 Å². The molecule has 0 saturated carbocycles. The number of benzene rings is 1. The van der Waals surface area contributed by atoms with Gasteiger partial charge < -0.3 is 10.6 Å². The third-order valence-corrected chi connectivity index (χ3v) is 5.17. The van der Waals surface area contributed by atoms with Crippen molar-refractivity contribution in [1.29, 1.82) is 0 Å². The molecule has 0 radical (unpaired) electrons. The second-order valence-corrected chi connectivity index (χ2v) is 7.47. The summed E-state index contributed by atoms with van der Waals surface area (Å²) in [4.78, 5) is 15.4. The van der Waals surface area contributed by atoms with Gasteiger partial charge in [-0.3, -0.25) is 4.79 Å². The number of nitrogens with two attached hydrogens (primary N) is 1. The number of carbonyl (C=O) groups excluding carboxylic acids is 1. The quantitative estimate of drug-likeness (QED) is 0.927. The minimum atomic E-state index is -0.222. The number of rotatable bonds is 4. The molecule has 5 heteroatoms. The van der Waals surface area contributed by atoms with Gasteiger partial charge in [0.05, 0.1) is 11.4 Å². The molecular formula is C14H20N2OS2. The molecule has 0 aromatic heterocycles. The van der Waals surface area contributed by atoms with Crippen LogP contribution in [0.3, 0.4) is 0 Å². The Morgan fingerprint density at radius 3 is 2.95 bits per heavy atom. The monoisotopic (exact) mass is 296 g/mol. The molecular weight excluding hydrogens is 276 g/mol. The van der Waals surface area contributed by atoms with Crippen molar-refractivity contribution in [3.63, 3.8) is 0 Å². The second-order valence-electron chi connectivity index (χ2n) is 5.34. The number of hydrogen-bond acceptors (Lipinski definition) is 4. The molecule has 1 aliphatic rings. The smallest absolute Gasteiger partial charge is 0.237 e. The lowest BCUT2D eigenvalue weighted by Crippen LogP contribution is -2.38. The lowest BCUT2D eigenvalue weighted by Gasteiger charge is -2.29. The van der Waals surface area contributed by atoms with Gasteiger partial charge in [0.25, 0.3) is 0 Å². The fraction of sp³-hybridized carbons (Fsp3) is 0.500. The van der Waals surface area contributed by atoms with E-state index >= 15 is 0 Å². The van der Waals surface area contributed by atoms with Gasteiger partial charge >= 0.3 is 0 Å². The first-order valence-electron chi connectivity index (χ1n) is 6.36. The van der Waals surface area contributed by atoms with Crippen LogP contribution in [0.25, 0.3) is 0 Å². The first-order valence-corrected chi connectivity index (χ1v) is 8.50. The van der Waals surface area contributed by atoms with Crippen LogP contribution >= 0.6 is 23.5 Å². The Morgan fingerprint density at radius 1 is 1.47 bits per heavy atom. The zero-order valence-electron chi connectivity index (χ0n) is 11.4. The molecule has 1 aromatic rings. The van der Waals surface area contributed by atoms with E-state index in [1.165, 1.54) is 4.90 Å². The van der Waals surface area contributed by atoms with Crippen molar-refractivity contribution < 1.29 is 4.79 Å². The van der Waals surface area contributed by atoms with Crippen molar-refractivity contribution in [3.8, 4) is 0 Å². The highest BCUT2D eigenvalue weighted by Crippen LogP contribution is 2.34. The van der Waals surface area contributed by atoms with Crippen LogP contribution in [0.5, 0.6) is 0 Å². The summed E-state index contributed by atoms with van der Waals surface area (Å²) >= 11 is 3.43. The van der Waals surface area contributed by atoms with Crippen molar-refractivity contribution in [1.82, 2.24) is 0 Å². The van der Waals surface area contributed by atoms with Crippen molar-refractivity contribution in [3.05, 3.63) is 24.3 Å². The molecule has 0 atom stereocenters. The minimum absolute atomic E-state index is 0.182. The maximum atomic E-state index is 12.3. The van der Waals surface area contributed by atoms with Crippen LogP contribution in [-0.2, 0) is 4.79 Å². The summed E-state index contributed by atoms with van der Waals surface area (Å²) < 4.78 is 0. The third kappa shape index (κ3) is 4.16. The number of amides is 1. The Balaban J connectivity index is 1.97. The van der Waals surface area contributed by atoms with E-state index in [1.807, 2.05) is 48.7 Å². The molecule has 104 valence electrons. The molecule has 0 aliphatic carbocycles. The number of hydrogen-bond donors (Lipinski definition) is 1. The summed E-state index contributed by atoms with van der Waals surface area (Å²) in [5.41, 5.74) is 6.76.